The molecule has 0 saturated heterocycles. The average molecular weight is 247 g/mol. The van der Waals surface area contributed by atoms with Crippen LogP contribution in [0.25, 0.3) is 6.08 Å². The molecule has 0 aromatic heterocycles. The summed E-state index contributed by atoms with van der Waals surface area (Å²) in [6.07, 6.45) is 4.90. The predicted octanol–water partition coefficient (Wildman–Crippen LogP) is 1.35. The summed E-state index contributed by atoms with van der Waals surface area (Å²) in [4.78, 5) is 11.6. The van der Waals surface area contributed by atoms with Crippen molar-refractivity contribution in [3.8, 4) is 5.75 Å². The van der Waals surface area contributed by atoms with Crippen molar-refractivity contribution in [3.63, 3.8) is 0 Å². The van der Waals surface area contributed by atoms with Crippen LogP contribution in [0.4, 0.5) is 0 Å². The molecule has 0 atom stereocenters. The van der Waals surface area contributed by atoms with Gasteiger partial charge < -0.3 is 15.2 Å². The van der Waals surface area contributed by atoms with Crippen LogP contribution in [0, 0.1) is 0 Å². The number of methoxy groups -OCH3 is 1. The number of amides is 1. The van der Waals surface area contributed by atoms with Gasteiger partial charge in [-0.25, -0.2) is 0 Å². The molecule has 1 saturated carbocycles. The fraction of sp³-hybridized carbons (Fsp3) is 0.357. The summed E-state index contributed by atoms with van der Waals surface area (Å²) in [6, 6.07) is 7.46. The molecule has 96 valence electrons. The van der Waals surface area contributed by atoms with Gasteiger partial charge in [-0.15, -0.1) is 0 Å². The number of aliphatic hydroxyl groups is 1. The largest absolute Gasteiger partial charge is 0.497 e. The maximum absolute atomic E-state index is 11.6. The molecular formula is C14H17NO3. The van der Waals surface area contributed by atoms with Gasteiger partial charge in [-0.2, -0.15) is 0 Å². The molecule has 1 fully saturated rings. The van der Waals surface area contributed by atoms with Gasteiger partial charge >= 0.3 is 0 Å². The molecule has 4 nitrogen and oxygen atoms in total. The van der Waals surface area contributed by atoms with Crippen LogP contribution < -0.4 is 10.1 Å². The molecule has 0 spiro atoms. The van der Waals surface area contributed by atoms with Gasteiger partial charge in [0, 0.05) is 6.08 Å². The van der Waals surface area contributed by atoms with Crippen LogP contribution in [-0.2, 0) is 4.79 Å². The second-order valence-corrected chi connectivity index (χ2v) is 4.54. The number of ether oxygens (including phenoxy) is 1. The average Bonchev–Trinajstić information content (AvgIpc) is 3.17. The molecular weight excluding hydrogens is 230 g/mol. The van der Waals surface area contributed by atoms with Gasteiger partial charge in [-0.1, -0.05) is 12.1 Å². The summed E-state index contributed by atoms with van der Waals surface area (Å²) < 4.78 is 5.10. The van der Waals surface area contributed by atoms with Crippen molar-refractivity contribution in [2.24, 2.45) is 0 Å². The number of rotatable bonds is 5. The first-order valence-electron chi connectivity index (χ1n) is 5.93. The lowest BCUT2D eigenvalue weighted by molar-refractivity contribution is -0.117. The predicted molar refractivity (Wildman–Crippen MR) is 69.2 cm³/mol. The molecule has 0 aliphatic heterocycles. The minimum Gasteiger partial charge on any atom is -0.497 e. The molecule has 1 aromatic carbocycles. The van der Waals surface area contributed by atoms with E-state index in [0.29, 0.717) is 0 Å². The van der Waals surface area contributed by atoms with Crippen LogP contribution in [0.3, 0.4) is 0 Å². The molecule has 1 aromatic rings. The number of aliphatic hydroxyl groups excluding tert-OH is 1. The Bertz CT molecular complexity index is 464. The Morgan fingerprint density at radius 3 is 2.94 bits per heavy atom. The third kappa shape index (κ3) is 3.11. The summed E-state index contributed by atoms with van der Waals surface area (Å²) >= 11 is 0. The SMILES string of the molecule is COc1cccc(/C=C/C(=O)NC2(CO)CC2)c1. The van der Waals surface area contributed by atoms with Crippen molar-refractivity contribution in [2.75, 3.05) is 13.7 Å². The molecule has 2 rings (SSSR count). The number of carbonyl (C=O) groups is 1. The zero-order valence-electron chi connectivity index (χ0n) is 10.3. The molecule has 0 bridgehead atoms. The van der Waals surface area contributed by atoms with Gasteiger partial charge in [0.15, 0.2) is 0 Å². The van der Waals surface area contributed by atoms with E-state index in [2.05, 4.69) is 5.32 Å². The van der Waals surface area contributed by atoms with Gasteiger partial charge in [0.2, 0.25) is 5.91 Å². The van der Waals surface area contributed by atoms with Crippen LogP contribution in [0.2, 0.25) is 0 Å². The molecule has 0 heterocycles. The third-order valence-electron chi connectivity index (χ3n) is 3.07. The van der Waals surface area contributed by atoms with E-state index in [0.717, 1.165) is 24.2 Å². The molecule has 0 radical (unpaired) electrons. The molecule has 0 unspecified atom stereocenters. The van der Waals surface area contributed by atoms with Crippen molar-refractivity contribution < 1.29 is 14.6 Å². The lowest BCUT2D eigenvalue weighted by Gasteiger charge is -2.11. The summed E-state index contributed by atoms with van der Waals surface area (Å²) in [5, 5.41) is 11.9. The number of hydrogen-bond acceptors (Lipinski definition) is 3. The molecule has 18 heavy (non-hydrogen) atoms. The number of carbonyl (C=O) groups excluding carboxylic acids is 1. The van der Waals surface area contributed by atoms with Gasteiger partial charge in [-0.05, 0) is 36.6 Å². The van der Waals surface area contributed by atoms with Gasteiger partial charge in [-0.3, -0.25) is 4.79 Å². The summed E-state index contributed by atoms with van der Waals surface area (Å²) in [7, 11) is 1.60. The Balaban J connectivity index is 1.95. The summed E-state index contributed by atoms with van der Waals surface area (Å²) in [5.41, 5.74) is 0.536. The first kappa shape index (κ1) is 12.6. The standard InChI is InChI=1S/C14H17NO3/c1-18-12-4-2-3-11(9-12)5-6-13(17)15-14(10-16)7-8-14/h2-6,9,16H,7-8,10H2,1H3,(H,15,17)/b6-5+. The van der Waals surface area contributed by atoms with Crippen LogP contribution >= 0.6 is 0 Å². The van der Waals surface area contributed by atoms with E-state index in [9.17, 15) is 4.79 Å². The molecule has 4 heteroatoms. The van der Waals surface area contributed by atoms with E-state index < -0.39 is 0 Å². The van der Waals surface area contributed by atoms with Gasteiger partial charge in [0.05, 0.1) is 19.3 Å². The number of benzene rings is 1. The van der Waals surface area contributed by atoms with E-state index in [4.69, 9.17) is 9.84 Å². The Kier molecular flexibility index (Phi) is 3.67. The second-order valence-electron chi connectivity index (χ2n) is 4.54. The van der Waals surface area contributed by atoms with Crippen molar-refractivity contribution in [1.82, 2.24) is 5.32 Å². The van der Waals surface area contributed by atoms with Crippen LogP contribution in [0.5, 0.6) is 5.75 Å². The highest BCUT2D eigenvalue weighted by molar-refractivity contribution is 5.92. The minimum atomic E-state index is -0.365. The third-order valence-corrected chi connectivity index (χ3v) is 3.07. The van der Waals surface area contributed by atoms with Crippen LogP contribution in [0.15, 0.2) is 30.3 Å². The Labute approximate surface area is 106 Å². The highest BCUT2D eigenvalue weighted by Gasteiger charge is 2.42. The topological polar surface area (TPSA) is 58.6 Å². The van der Waals surface area contributed by atoms with E-state index in [-0.39, 0.29) is 18.1 Å². The van der Waals surface area contributed by atoms with Crippen LogP contribution in [0.1, 0.15) is 18.4 Å². The van der Waals surface area contributed by atoms with Crippen molar-refractivity contribution >= 4 is 12.0 Å². The highest BCUT2D eigenvalue weighted by atomic mass is 16.5. The zero-order chi connectivity index (χ0) is 13.0. The van der Waals surface area contributed by atoms with Crippen molar-refractivity contribution in [2.45, 2.75) is 18.4 Å². The monoisotopic (exact) mass is 247 g/mol. The van der Waals surface area contributed by atoms with Crippen LogP contribution in [-0.4, -0.2) is 30.3 Å². The fourth-order valence-electron chi connectivity index (χ4n) is 1.69. The summed E-state index contributed by atoms with van der Waals surface area (Å²) in [6.45, 7) is 0.00569. The van der Waals surface area contributed by atoms with Gasteiger partial charge in [0.25, 0.3) is 0 Å². The Morgan fingerprint density at radius 2 is 2.33 bits per heavy atom. The summed E-state index contributed by atoms with van der Waals surface area (Å²) in [5.74, 6) is 0.580. The lowest BCUT2D eigenvalue weighted by Crippen LogP contribution is -2.38. The number of hydrogen-bond donors (Lipinski definition) is 2. The maximum atomic E-state index is 11.6. The zero-order valence-corrected chi connectivity index (χ0v) is 10.3. The molecule has 1 aliphatic carbocycles. The van der Waals surface area contributed by atoms with E-state index in [1.165, 1.54) is 6.08 Å². The number of nitrogens with one attached hydrogen (secondary N) is 1. The van der Waals surface area contributed by atoms with E-state index in [1.807, 2.05) is 24.3 Å². The second kappa shape index (κ2) is 5.23. The quantitative estimate of drug-likeness (QED) is 0.772. The first-order valence-corrected chi connectivity index (χ1v) is 5.93. The normalized spacial score (nSPS) is 16.6. The first-order chi connectivity index (χ1) is 8.67. The highest BCUT2D eigenvalue weighted by Crippen LogP contribution is 2.34. The maximum Gasteiger partial charge on any atom is 0.244 e. The fourth-order valence-corrected chi connectivity index (χ4v) is 1.69. The lowest BCUT2D eigenvalue weighted by atomic mass is 10.2. The molecule has 2 N–H and O–H groups in total. The minimum absolute atomic E-state index is 0.00569. The van der Waals surface area contributed by atoms with Crippen molar-refractivity contribution in [3.05, 3.63) is 35.9 Å². The van der Waals surface area contributed by atoms with E-state index in [1.54, 1.807) is 13.2 Å². The van der Waals surface area contributed by atoms with Gasteiger partial charge in [0.1, 0.15) is 5.75 Å². The van der Waals surface area contributed by atoms with E-state index >= 15 is 0 Å². The molecule has 1 amide bonds. The molecule has 1 aliphatic rings. The smallest absolute Gasteiger partial charge is 0.244 e. The van der Waals surface area contributed by atoms with Crippen molar-refractivity contribution in [1.29, 1.82) is 0 Å². The Hall–Kier alpha value is -1.81. The Morgan fingerprint density at radius 1 is 1.56 bits per heavy atom.